The second-order valence-electron chi connectivity index (χ2n) is 4.92. The van der Waals surface area contributed by atoms with Gasteiger partial charge in [0.2, 0.25) is 0 Å². The van der Waals surface area contributed by atoms with Gasteiger partial charge in [-0.2, -0.15) is 0 Å². The summed E-state index contributed by atoms with van der Waals surface area (Å²) in [7, 11) is 5.72. The van der Waals surface area contributed by atoms with Crippen molar-refractivity contribution in [1.82, 2.24) is 9.97 Å². The van der Waals surface area contributed by atoms with Crippen LogP contribution in [0.3, 0.4) is 0 Å². The maximum Gasteiger partial charge on any atom is 0.162 e. The Bertz CT molecular complexity index is 803. The Kier molecular flexibility index (Phi) is 4.14. The molecule has 3 aromatic rings. The van der Waals surface area contributed by atoms with Crippen LogP contribution in [0.4, 0.5) is 5.82 Å². The minimum absolute atomic E-state index is 0.440. The quantitative estimate of drug-likeness (QED) is 0.443. The van der Waals surface area contributed by atoms with Gasteiger partial charge in [0.1, 0.15) is 20.0 Å². The predicted molar refractivity (Wildman–Crippen MR) is 89.5 cm³/mol. The molecule has 1 aromatic heterocycles. The molecule has 0 amide bonds. The smallest absolute Gasteiger partial charge is 0.162 e. The molecule has 1 N–H and O–H groups in total. The molecule has 0 fully saturated rings. The van der Waals surface area contributed by atoms with Crippen LogP contribution in [0.1, 0.15) is 6.42 Å². The molecular weight excluding hydrogens is 273 g/mol. The highest BCUT2D eigenvalue weighted by Gasteiger charge is 2.08. The largest absolute Gasteiger partial charge is 0.369 e. The van der Waals surface area contributed by atoms with Crippen molar-refractivity contribution < 1.29 is 4.79 Å². The molecule has 106 valence electrons. The zero-order valence-corrected chi connectivity index (χ0v) is 12.0. The summed E-state index contributed by atoms with van der Waals surface area (Å²) in [5.74, 6) is 1.37. The number of para-hydroxylation sites is 1. The lowest BCUT2D eigenvalue weighted by atomic mass is 9.95. The number of rotatable bonds is 5. The second kappa shape index (κ2) is 6.39. The number of carbonyl (C=O) groups is 1. The third kappa shape index (κ3) is 2.98. The Morgan fingerprint density at radius 3 is 2.59 bits per heavy atom. The zero-order valence-electron chi connectivity index (χ0n) is 12.0. The number of hydrogen-bond acceptors (Lipinski definition) is 4. The van der Waals surface area contributed by atoms with Gasteiger partial charge in [0.05, 0.1) is 5.52 Å². The fourth-order valence-electron chi connectivity index (χ4n) is 2.22. The molecule has 2 radical (unpaired) electrons. The monoisotopic (exact) mass is 287 g/mol. The molecule has 5 heteroatoms. The molecule has 0 atom stereocenters. The number of benzene rings is 2. The summed E-state index contributed by atoms with van der Waals surface area (Å²) in [6, 6.07) is 15.2. The molecule has 0 saturated carbocycles. The van der Waals surface area contributed by atoms with Crippen LogP contribution in [0, 0.1) is 0 Å². The molecule has 0 bridgehead atoms. The summed E-state index contributed by atoms with van der Waals surface area (Å²) in [6.45, 7) is 0.547. The number of hydrogen-bond donors (Lipinski definition) is 1. The molecule has 2 aromatic carbocycles. The van der Waals surface area contributed by atoms with E-state index in [-0.39, 0.29) is 0 Å². The SMILES string of the molecule is [B]c1ccc(-c2nc(NCCC=O)c3ccccc3n2)cc1. The Hall–Kier alpha value is -2.69. The van der Waals surface area contributed by atoms with Gasteiger partial charge < -0.3 is 10.1 Å². The zero-order chi connectivity index (χ0) is 15.4. The van der Waals surface area contributed by atoms with Crippen molar-refractivity contribution in [2.45, 2.75) is 6.42 Å². The maximum atomic E-state index is 10.5. The van der Waals surface area contributed by atoms with Crippen LogP contribution in [0.2, 0.25) is 0 Å². The summed E-state index contributed by atoms with van der Waals surface area (Å²) >= 11 is 0. The number of aldehydes is 1. The van der Waals surface area contributed by atoms with Gasteiger partial charge in [-0.15, -0.1) is 0 Å². The van der Waals surface area contributed by atoms with Gasteiger partial charge in [0, 0.05) is 23.9 Å². The minimum atomic E-state index is 0.440. The molecule has 0 saturated heterocycles. The van der Waals surface area contributed by atoms with Crippen molar-refractivity contribution in [3.8, 4) is 11.4 Å². The van der Waals surface area contributed by atoms with Crippen LogP contribution < -0.4 is 10.8 Å². The minimum Gasteiger partial charge on any atom is -0.369 e. The maximum absolute atomic E-state index is 10.5. The van der Waals surface area contributed by atoms with E-state index in [1.807, 2.05) is 48.5 Å². The summed E-state index contributed by atoms with van der Waals surface area (Å²) in [5, 5.41) is 4.14. The van der Waals surface area contributed by atoms with Crippen LogP contribution in [-0.2, 0) is 4.79 Å². The van der Waals surface area contributed by atoms with Gasteiger partial charge in [0.15, 0.2) is 5.82 Å². The van der Waals surface area contributed by atoms with E-state index >= 15 is 0 Å². The molecule has 0 aliphatic rings. The van der Waals surface area contributed by atoms with Crippen molar-refractivity contribution in [2.75, 3.05) is 11.9 Å². The summed E-state index contributed by atoms with van der Waals surface area (Å²) in [4.78, 5) is 19.7. The Labute approximate surface area is 130 Å². The predicted octanol–water partition coefficient (Wildman–Crippen LogP) is 2.09. The Morgan fingerprint density at radius 2 is 1.82 bits per heavy atom. The van der Waals surface area contributed by atoms with Gasteiger partial charge in [-0.05, 0) is 12.1 Å². The van der Waals surface area contributed by atoms with Gasteiger partial charge >= 0.3 is 0 Å². The third-order valence-electron chi connectivity index (χ3n) is 3.33. The Morgan fingerprint density at radius 1 is 1.05 bits per heavy atom. The van der Waals surface area contributed by atoms with Crippen molar-refractivity contribution in [3.63, 3.8) is 0 Å². The average molecular weight is 287 g/mol. The fraction of sp³-hybridized carbons (Fsp3) is 0.118. The fourth-order valence-corrected chi connectivity index (χ4v) is 2.22. The number of carbonyl (C=O) groups excluding carboxylic acids is 1. The van der Waals surface area contributed by atoms with E-state index in [0.29, 0.717) is 24.3 Å². The molecule has 3 rings (SSSR count). The van der Waals surface area contributed by atoms with Gasteiger partial charge in [-0.25, -0.2) is 9.97 Å². The molecule has 0 aliphatic heterocycles. The number of aromatic nitrogens is 2. The summed E-state index contributed by atoms with van der Waals surface area (Å²) in [6.07, 6.45) is 1.33. The van der Waals surface area contributed by atoms with Crippen LogP contribution in [0.25, 0.3) is 22.3 Å². The highest BCUT2D eigenvalue weighted by molar-refractivity contribution is 6.32. The molecular formula is C17H14BN3O. The van der Waals surface area contributed by atoms with Crippen LogP contribution in [-0.4, -0.2) is 30.6 Å². The average Bonchev–Trinajstić information content (AvgIpc) is 2.55. The first-order valence-corrected chi connectivity index (χ1v) is 7.08. The number of fused-ring (bicyclic) bond motifs is 1. The first-order chi connectivity index (χ1) is 10.8. The highest BCUT2D eigenvalue weighted by atomic mass is 16.1. The van der Waals surface area contributed by atoms with Crippen molar-refractivity contribution in [1.29, 1.82) is 0 Å². The first-order valence-electron chi connectivity index (χ1n) is 7.08. The van der Waals surface area contributed by atoms with Crippen molar-refractivity contribution in [2.24, 2.45) is 0 Å². The molecule has 0 unspecified atom stereocenters. The lowest BCUT2D eigenvalue weighted by Crippen LogP contribution is -2.06. The van der Waals surface area contributed by atoms with Crippen LogP contribution in [0.15, 0.2) is 48.5 Å². The summed E-state index contributed by atoms with van der Waals surface area (Å²) in [5.41, 5.74) is 2.46. The van der Waals surface area contributed by atoms with Crippen molar-refractivity contribution >= 4 is 36.3 Å². The van der Waals surface area contributed by atoms with Crippen molar-refractivity contribution in [3.05, 3.63) is 48.5 Å². The van der Waals surface area contributed by atoms with E-state index in [1.165, 1.54) is 0 Å². The molecule has 0 aliphatic carbocycles. The van der Waals surface area contributed by atoms with E-state index < -0.39 is 0 Å². The van der Waals surface area contributed by atoms with Gasteiger partial charge in [-0.3, -0.25) is 0 Å². The van der Waals surface area contributed by atoms with Gasteiger partial charge in [0.25, 0.3) is 0 Å². The van der Waals surface area contributed by atoms with Crippen LogP contribution in [0.5, 0.6) is 0 Å². The van der Waals surface area contributed by atoms with E-state index in [0.717, 1.165) is 28.6 Å². The highest BCUT2D eigenvalue weighted by Crippen LogP contribution is 2.24. The van der Waals surface area contributed by atoms with E-state index in [1.54, 1.807) is 0 Å². The molecule has 4 nitrogen and oxygen atoms in total. The second-order valence-corrected chi connectivity index (χ2v) is 4.92. The lowest BCUT2D eigenvalue weighted by molar-refractivity contribution is -0.107. The third-order valence-corrected chi connectivity index (χ3v) is 3.33. The summed E-state index contributed by atoms with van der Waals surface area (Å²) < 4.78 is 0. The number of nitrogens with zero attached hydrogens (tertiary/aromatic N) is 2. The normalized spacial score (nSPS) is 10.5. The number of nitrogens with one attached hydrogen (secondary N) is 1. The van der Waals surface area contributed by atoms with Crippen LogP contribution >= 0.6 is 0 Å². The molecule has 0 spiro atoms. The molecule has 22 heavy (non-hydrogen) atoms. The molecule has 1 heterocycles. The first kappa shape index (κ1) is 14.3. The topological polar surface area (TPSA) is 54.9 Å². The Balaban J connectivity index is 2.07. The van der Waals surface area contributed by atoms with E-state index in [4.69, 9.17) is 7.85 Å². The van der Waals surface area contributed by atoms with Gasteiger partial charge in [-0.1, -0.05) is 41.9 Å². The van der Waals surface area contributed by atoms with E-state index in [2.05, 4.69) is 15.3 Å². The lowest BCUT2D eigenvalue weighted by Gasteiger charge is -2.10. The van der Waals surface area contributed by atoms with E-state index in [9.17, 15) is 4.79 Å². The number of anilines is 1. The standard InChI is InChI=1S/C17H14BN3O/c18-13-8-6-12(7-9-13)16-20-15-5-2-1-4-14(15)17(21-16)19-10-3-11-22/h1-2,4-9,11H,3,10H2,(H,19,20,21).